The second kappa shape index (κ2) is 14.0. The number of imidazole rings is 1. The number of nitrogens with one attached hydrogen (secondary N) is 1. The van der Waals surface area contributed by atoms with E-state index < -0.39 is 0 Å². The summed E-state index contributed by atoms with van der Waals surface area (Å²) in [4.78, 5) is 31.8. The number of carbonyl (C=O) groups excluding carboxylic acids is 2. The van der Waals surface area contributed by atoms with Crippen molar-refractivity contribution in [1.82, 2.24) is 19.8 Å². The zero-order chi connectivity index (χ0) is 25.9. The highest BCUT2D eigenvalue weighted by Gasteiger charge is 2.17. The highest BCUT2D eigenvalue weighted by molar-refractivity contribution is 6.30. The predicted molar refractivity (Wildman–Crippen MR) is 147 cm³/mol. The second-order valence-electron chi connectivity index (χ2n) is 9.62. The van der Waals surface area contributed by atoms with Crippen LogP contribution in [0, 0.1) is 0 Å². The van der Waals surface area contributed by atoms with Crippen LogP contribution in [0.2, 0.25) is 5.02 Å². The molecule has 8 heteroatoms. The van der Waals surface area contributed by atoms with Crippen molar-refractivity contribution in [1.29, 1.82) is 0 Å². The summed E-state index contributed by atoms with van der Waals surface area (Å²) in [5.74, 6) is 1.77. The molecule has 0 radical (unpaired) electrons. The Kier molecular flexibility index (Phi) is 10.2. The number of carbonyl (C=O) groups is 2. The van der Waals surface area contributed by atoms with Crippen LogP contribution in [-0.2, 0) is 22.6 Å². The number of likely N-dealkylation sites (tertiary alicyclic amines) is 1. The van der Waals surface area contributed by atoms with E-state index in [1.807, 2.05) is 23.1 Å². The Bertz CT molecular complexity index is 1150. The smallest absolute Gasteiger partial charge is 0.257 e. The van der Waals surface area contributed by atoms with Gasteiger partial charge in [-0.25, -0.2) is 4.98 Å². The molecule has 0 bridgehead atoms. The van der Waals surface area contributed by atoms with Gasteiger partial charge in [-0.2, -0.15) is 0 Å². The zero-order valence-electron chi connectivity index (χ0n) is 21.5. The molecule has 198 valence electrons. The summed E-state index contributed by atoms with van der Waals surface area (Å²) in [6.07, 6.45) is 8.87. The van der Waals surface area contributed by atoms with E-state index in [0.29, 0.717) is 30.3 Å². The molecule has 0 spiro atoms. The maximum Gasteiger partial charge on any atom is 0.257 e. The molecule has 1 N–H and O–H groups in total. The number of aromatic nitrogens is 2. The molecule has 2 aromatic carbocycles. The standard InChI is InChI=1S/C29H37ClN4O3/c30-23-13-15-24(16-14-23)37-22-28(35)31-18-7-3-4-12-27-32-25-10-5-6-11-26(25)34(27)21-17-29(36)33-19-8-1-2-9-20-33/h5-6,10-11,13-16H,1-4,7-9,12,17-22H2,(H,31,35). The van der Waals surface area contributed by atoms with Crippen LogP contribution in [0.5, 0.6) is 5.75 Å². The minimum absolute atomic E-state index is 0.0121. The molecule has 1 aliphatic rings. The van der Waals surface area contributed by atoms with Crippen LogP contribution in [0.25, 0.3) is 11.0 Å². The summed E-state index contributed by atoms with van der Waals surface area (Å²) in [5, 5.41) is 3.54. The van der Waals surface area contributed by atoms with Gasteiger partial charge in [-0.1, -0.05) is 43.0 Å². The van der Waals surface area contributed by atoms with Gasteiger partial charge in [0.2, 0.25) is 5.91 Å². The first-order valence-corrected chi connectivity index (χ1v) is 13.8. The average Bonchev–Trinajstić information content (AvgIpc) is 3.05. The lowest BCUT2D eigenvalue weighted by Gasteiger charge is -2.20. The van der Waals surface area contributed by atoms with Crippen molar-refractivity contribution in [2.24, 2.45) is 0 Å². The number of amides is 2. The second-order valence-corrected chi connectivity index (χ2v) is 10.1. The number of rotatable bonds is 12. The molecule has 1 aliphatic heterocycles. The largest absolute Gasteiger partial charge is 0.484 e. The molecule has 3 aromatic rings. The van der Waals surface area contributed by atoms with E-state index in [9.17, 15) is 9.59 Å². The number of para-hydroxylation sites is 2. The number of ether oxygens (including phenoxy) is 1. The highest BCUT2D eigenvalue weighted by atomic mass is 35.5. The van der Waals surface area contributed by atoms with Crippen molar-refractivity contribution in [3.63, 3.8) is 0 Å². The van der Waals surface area contributed by atoms with E-state index >= 15 is 0 Å². The van der Waals surface area contributed by atoms with E-state index in [4.69, 9.17) is 21.3 Å². The number of hydrogen-bond acceptors (Lipinski definition) is 4. The molecule has 0 saturated carbocycles. The van der Waals surface area contributed by atoms with Gasteiger partial charge < -0.3 is 19.5 Å². The van der Waals surface area contributed by atoms with E-state index in [2.05, 4.69) is 16.0 Å². The van der Waals surface area contributed by atoms with Crippen molar-refractivity contribution in [3.8, 4) is 5.75 Å². The van der Waals surface area contributed by atoms with Crippen molar-refractivity contribution in [2.45, 2.75) is 64.3 Å². The number of unbranched alkanes of at least 4 members (excludes halogenated alkanes) is 2. The number of aryl methyl sites for hydroxylation is 2. The zero-order valence-corrected chi connectivity index (χ0v) is 22.2. The Morgan fingerprint density at radius 2 is 1.70 bits per heavy atom. The van der Waals surface area contributed by atoms with Crippen LogP contribution >= 0.6 is 11.6 Å². The number of nitrogens with zero attached hydrogens (tertiary/aromatic N) is 3. The molecule has 1 saturated heterocycles. The normalized spacial score (nSPS) is 13.9. The molecule has 0 atom stereocenters. The van der Waals surface area contributed by atoms with Gasteiger partial charge in [0, 0.05) is 44.0 Å². The maximum absolute atomic E-state index is 12.9. The topological polar surface area (TPSA) is 76.5 Å². The van der Waals surface area contributed by atoms with Gasteiger partial charge in [-0.05, 0) is 62.1 Å². The summed E-state index contributed by atoms with van der Waals surface area (Å²) in [7, 11) is 0. The molecule has 37 heavy (non-hydrogen) atoms. The van der Waals surface area contributed by atoms with Crippen LogP contribution in [0.3, 0.4) is 0 Å². The van der Waals surface area contributed by atoms with Gasteiger partial charge in [0.25, 0.3) is 5.91 Å². The van der Waals surface area contributed by atoms with Gasteiger partial charge >= 0.3 is 0 Å². The van der Waals surface area contributed by atoms with Crippen LogP contribution in [-0.4, -0.2) is 52.5 Å². The van der Waals surface area contributed by atoms with E-state index in [-0.39, 0.29) is 18.4 Å². The predicted octanol–water partition coefficient (Wildman–Crippen LogP) is 5.39. The summed E-state index contributed by atoms with van der Waals surface area (Å²) >= 11 is 5.86. The summed E-state index contributed by atoms with van der Waals surface area (Å²) in [6.45, 7) is 3.04. The van der Waals surface area contributed by atoms with Crippen LogP contribution in [0.1, 0.15) is 57.2 Å². The summed E-state index contributed by atoms with van der Waals surface area (Å²) < 4.78 is 7.70. The van der Waals surface area contributed by atoms with Crippen molar-refractivity contribution < 1.29 is 14.3 Å². The van der Waals surface area contributed by atoms with Crippen LogP contribution < -0.4 is 10.1 Å². The molecular weight excluding hydrogens is 488 g/mol. The van der Waals surface area contributed by atoms with Crippen molar-refractivity contribution >= 4 is 34.4 Å². The highest BCUT2D eigenvalue weighted by Crippen LogP contribution is 2.19. The lowest BCUT2D eigenvalue weighted by atomic mass is 10.2. The number of fused-ring (bicyclic) bond motifs is 1. The van der Waals surface area contributed by atoms with Crippen LogP contribution in [0.15, 0.2) is 48.5 Å². The number of hydrogen-bond donors (Lipinski definition) is 1. The van der Waals surface area contributed by atoms with Crippen LogP contribution in [0.4, 0.5) is 0 Å². The Morgan fingerprint density at radius 3 is 2.49 bits per heavy atom. The van der Waals surface area contributed by atoms with E-state index in [1.54, 1.807) is 24.3 Å². The van der Waals surface area contributed by atoms with Crippen molar-refractivity contribution in [3.05, 3.63) is 59.4 Å². The number of benzene rings is 2. The number of halogens is 1. The summed E-state index contributed by atoms with van der Waals surface area (Å²) in [6, 6.07) is 15.1. The minimum Gasteiger partial charge on any atom is -0.484 e. The molecule has 4 rings (SSSR count). The fraction of sp³-hybridized carbons (Fsp3) is 0.483. The van der Waals surface area contributed by atoms with E-state index in [0.717, 1.165) is 68.5 Å². The average molecular weight is 525 g/mol. The first kappa shape index (κ1) is 27.0. The SMILES string of the molecule is O=C(COc1ccc(Cl)cc1)NCCCCCc1nc2ccccc2n1CCC(=O)N1CCCCCC1. The fourth-order valence-corrected chi connectivity index (χ4v) is 4.92. The van der Waals surface area contributed by atoms with Gasteiger partial charge in [-0.15, -0.1) is 0 Å². The maximum atomic E-state index is 12.9. The Hall–Kier alpha value is -3.06. The molecule has 1 aromatic heterocycles. The van der Waals surface area contributed by atoms with Crippen molar-refractivity contribution in [2.75, 3.05) is 26.2 Å². The monoisotopic (exact) mass is 524 g/mol. The first-order chi connectivity index (χ1) is 18.1. The fourth-order valence-electron chi connectivity index (χ4n) is 4.79. The third-order valence-corrected chi connectivity index (χ3v) is 7.08. The first-order valence-electron chi connectivity index (χ1n) is 13.5. The molecule has 7 nitrogen and oxygen atoms in total. The third kappa shape index (κ3) is 8.22. The minimum atomic E-state index is -0.134. The lowest BCUT2D eigenvalue weighted by Crippen LogP contribution is -2.32. The van der Waals surface area contributed by atoms with Gasteiger partial charge in [-0.3, -0.25) is 9.59 Å². The van der Waals surface area contributed by atoms with E-state index in [1.165, 1.54) is 12.8 Å². The molecule has 1 fully saturated rings. The molecule has 2 heterocycles. The summed E-state index contributed by atoms with van der Waals surface area (Å²) in [5.41, 5.74) is 2.07. The Morgan fingerprint density at radius 1 is 0.946 bits per heavy atom. The molecule has 2 amide bonds. The van der Waals surface area contributed by atoms with Gasteiger partial charge in [0.1, 0.15) is 11.6 Å². The molecular formula is C29H37ClN4O3. The Balaban J connectivity index is 1.20. The quantitative estimate of drug-likeness (QED) is 0.322. The van der Waals surface area contributed by atoms with Gasteiger partial charge in [0.15, 0.2) is 6.61 Å². The molecule has 0 unspecified atom stereocenters. The lowest BCUT2D eigenvalue weighted by molar-refractivity contribution is -0.131. The Labute approximate surface area is 224 Å². The molecule has 0 aliphatic carbocycles. The third-order valence-electron chi connectivity index (χ3n) is 6.82. The van der Waals surface area contributed by atoms with Gasteiger partial charge in [0.05, 0.1) is 11.0 Å².